The molecule has 2 unspecified atom stereocenters. The molecule has 0 radical (unpaired) electrons. The summed E-state index contributed by atoms with van der Waals surface area (Å²) in [5.74, 6) is -2.56. The van der Waals surface area contributed by atoms with Crippen molar-refractivity contribution in [3.8, 4) is 17.2 Å². The van der Waals surface area contributed by atoms with Gasteiger partial charge in [-0.25, -0.2) is 19.9 Å². The number of aryl methyl sites for hydroxylation is 1. The van der Waals surface area contributed by atoms with Gasteiger partial charge in [0.1, 0.15) is 29.7 Å². The third-order valence-electron chi connectivity index (χ3n) is 9.68. The van der Waals surface area contributed by atoms with E-state index < -0.39 is 47.3 Å². The van der Waals surface area contributed by atoms with Crippen molar-refractivity contribution in [2.45, 2.75) is 136 Å². The molecular weight excluding hydrogens is 686 g/mol. The van der Waals surface area contributed by atoms with Gasteiger partial charge in [0.25, 0.3) is 11.8 Å². The molecule has 5 N–H and O–H groups in total. The average Bonchev–Trinajstić information content (AvgIpc) is 3.45. The van der Waals surface area contributed by atoms with E-state index in [1.807, 2.05) is 0 Å². The number of benzene rings is 1. The first-order chi connectivity index (χ1) is 25.3. The zero-order valence-corrected chi connectivity index (χ0v) is 31.5. The molecule has 1 aliphatic rings. The number of aromatic nitrogens is 1. The van der Waals surface area contributed by atoms with Crippen LogP contribution in [0, 0.1) is 12.3 Å². The number of oxazole rings is 1. The Hall–Kier alpha value is -4.50. The highest BCUT2D eigenvalue weighted by Crippen LogP contribution is 2.31. The van der Waals surface area contributed by atoms with E-state index in [0.29, 0.717) is 55.1 Å². The van der Waals surface area contributed by atoms with E-state index in [4.69, 9.17) is 9.15 Å². The maximum absolute atomic E-state index is 14.0. The second kappa shape index (κ2) is 21.3. The predicted octanol–water partition coefficient (Wildman–Crippen LogP) is 5.44. The average molecular weight is 744 g/mol. The molecule has 3 rings (SSSR count). The number of nitrogens with one attached hydrogen (secondary N) is 2. The number of hydroxylamine groups is 4. The van der Waals surface area contributed by atoms with Crippen molar-refractivity contribution in [2.24, 2.45) is 5.41 Å². The summed E-state index contributed by atoms with van der Waals surface area (Å²) in [7, 11) is 0. The summed E-state index contributed by atoms with van der Waals surface area (Å²) in [6.45, 7) is 7.14. The van der Waals surface area contributed by atoms with Crippen molar-refractivity contribution in [3.63, 3.8) is 0 Å². The lowest BCUT2D eigenvalue weighted by molar-refractivity contribution is -0.169. The molecule has 1 aliphatic heterocycles. The van der Waals surface area contributed by atoms with Crippen LogP contribution in [0.5, 0.6) is 5.75 Å². The number of phenolic OH excluding ortho intramolecular Hbond substituents is 1. The van der Waals surface area contributed by atoms with Crippen LogP contribution in [-0.2, 0) is 23.9 Å². The normalized spacial score (nSPS) is 16.0. The van der Waals surface area contributed by atoms with Crippen molar-refractivity contribution < 1.29 is 48.6 Å². The highest BCUT2D eigenvalue weighted by atomic mass is 16.5. The summed E-state index contributed by atoms with van der Waals surface area (Å²) in [5.41, 5.74) is -1.13. The van der Waals surface area contributed by atoms with Crippen molar-refractivity contribution in [3.05, 3.63) is 35.7 Å². The fourth-order valence-corrected chi connectivity index (χ4v) is 6.25. The first-order valence-corrected chi connectivity index (χ1v) is 18.8. The molecule has 3 atom stereocenters. The molecule has 2 aromatic rings. The molecule has 1 saturated heterocycles. The van der Waals surface area contributed by atoms with Crippen molar-refractivity contribution in [1.82, 2.24) is 25.7 Å². The van der Waals surface area contributed by atoms with E-state index >= 15 is 0 Å². The molecule has 53 heavy (non-hydrogen) atoms. The van der Waals surface area contributed by atoms with E-state index in [9.17, 15) is 39.5 Å². The summed E-state index contributed by atoms with van der Waals surface area (Å²) in [6, 6.07) is 4.22. The largest absolute Gasteiger partial charge is 0.507 e. The summed E-state index contributed by atoms with van der Waals surface area (Å²) < 4.78 is 11.8. The number of nitrogens with zero attached hydrogens (tertiary/aromatic N) is 3. The summed E-state index contributed by atoms with van der Waals surface area (Å²) >= 11 is 0. The monoisotopic (exact) mass is 743 g/mol. The summed E-state index contributed by atoms with van der Waals surface area (Å²) in [4.78, 5) is 69.4. The van der Waals surface area contributed by atoms with Crippen LogP contribution in [0.4, 0.5) is 0 Å². The number of ether oxygens (including phenoxy) is 1. The zero-order valence-electron chi connectivity index (χ0n) is 31.5. The van der Waals surface area contributed by atoms with Gasteiger partial charge in [-0.2, -0.15) is 0 Å². The maximum Gasteiger partial charge on any atom is 0.328 e. The van der Waals surface area contributed by atoms with E-state index in [-0.39, 0.29) is 54.6 Å². The minimum Gasteiger partial charge on any atom is -0.507 e. The van der Waals surface area contributed by atoms with E-state index in [0.717, 1.165) is 38.5 Å². The molecule has 15 heteroatoms. The molecule has 15 nitrogen and oxygen atoms in total. The molecule has 0 spiro atoms. The molecule has 1 aromatic carbocycles. The first kappa shape index (κ1) is 42.9. The third-order valence-corrected chi connectivity index (χ3v) is 9.68. The number of carbonyl (C=O) groups excluding carboxylic acids is 5. The number of carbonyl (C=O) groups is 5. The lowest BCUT2D eigenvalue weighted by Crippen LogP contribution is -2.54. The Morgan fingerprint density at radius 2 is 1.75 bits per heavy atom. The van der Waals surface area contributed by atoms with Crippen LogP contribution in [0.1, 0.15) is 127 Å². The van der Waals surface area contributed by atoms with Crippen LogP contribution in [0.2, 0.25) is 0 Å². The molecule has 0 aliphatic carbocycles. The minimum atomic E-state index is -1.31. The van der Waals surface area contributed by atoms with Gasteiger partial charge in [-0.05, 0) is 84.3 Å². The Balaban J connectivity index is 1.83. The van der Waals surface area contributed by atoms with Crippen LogP contribution in [0.15, 0.2) is 28.7 Å². The Morgan fingerprint density at radius 1 is 1.08 bits per heavy atom. The zero-order chi connectivity index (χ0) is 39.0. The molecular formula is C38H57N5O10. The molecule has 4 amide bonds. The lowest BCUT2D eigenvalue weighted by Gasteiger charge is -2.35. The summed E-state index contributed by atoms with van der Waals surface area (Å²) in [5, 5.41) is 36.5. The van der Waals surface area contributed by atoms with E-state index in [1.165, 1.54) is 13.0 Å². The topological polar surface area (TPSA) is 212 Å². The van der Waals surface area contributed by atoms with Gasteiger partial charge in [-0.1, -0.05) is 57.6 Å². The van der Waals surface area contributed by atoms with E-state index in [2.05, 4.69) is 22.5 Å². The van der Waals surface area contributed by atoms with Gasteiger partial charge in [0.05, 0.1) is 11.0 Å². The van der Waals surface area contributed by atoms with Crippen molar-refractivity contribution >= 4 is 30.1 Å². The standard InChI is InChI=1S/C38H57N5O10/c1-5-6-7-8-9-10-11-22-31(38(3,4)37(49)40-28-19-15-17-24-43(51)35(28)47)53-36(48)29(20-14-16-23-42(50)25-44)39-33(46)32-26(2)52-34(41-32)27-18-12-13-21-30(27)45/h12-13,18,21,25,28-29,31,45,50-51H,5-11,14-17,19-20,22-24H2,1-4H3,(H,39,46)(H,40,49)/t28?,29-,31?/m0/s1. The lowest BCUT2D eigenvalue weighted by atomic mass is 9.82. The summed E-state index contributed by atoms with van der Waals surface area (Å²) in [6.07, 6.45) is 8.91. The minimum absolute atomic E-state index is 0.00474. The van der Waals surface area contributed by atoms with Gasteiger partial charge in [0.2, 0.25) is 18.2 Å². The number of unbranched alkanes of at least 4 members (excludes halogenated alkanes) is 7. The molecule has 0 saturated carbocycles. The fraction of sp³-hybridized carbons (Fsp3) is 0.632. The van der Waals surface area contributed by atoms with Gasteiger partial charge >= 0.3 is 5.97 Å². The Kier molecular flexibility index (Phi) is 17.2. The van der Waals surface area contributed by atoms with Crippen LogP contribution in [-0.4, -0.2) is 92.0 Å². The number of esters is 1. The smallest absolute Gasteiger partial charge is 0.328 e. The Labute approximate surface area is 311 Å². The number of para-hydroxylation sites is 1. The van der Waals surface area contributed by atoms with Crippen molar-refractivity contribution in [1.29, 1.82) is 0 Å². The second-order valence-corrected chi connectivity index (χ2v) is 14.3. The van der Waals surface area contributed by atoms with Crippen LogP contribution in [0.25, 0.3) is 11.5 Å². The van der Waals surface area contributed by atoms with Gasteiger partial charge in [0, 0.05) is 13.1 Å². The Bertz CT molecular complexity index is 1510. The molecule has 294 valence electrons. The fourth-order valence-electron chi connectivity index (χ4n) is 6.25. The Morgan fingerprint density at radius 3 is 2.45 bits per heavy atom. The third kappa shape index (κ3) is 12.8. The SMILES string of the molecule is CCCCCCCCCC(OC(=O)[C@H](CCCCN(O)C=O)NC(=O)c1nc(-c2ccccc2O)oc1C)C(C)(C)C(=O)NC1CCCCN(O)C1=O. The number of amides is 4. The molecule has 0 bridgehead atoms. The second-order valence-electron chi connectivity index (χ2n) is 14.3. The number of rotatable bonds is 22. The number of aromatic hydroxyl groups is 1. The van der Waals surface area contributed by atoms with Gasteiger partial charge in [-0.15, -0.1) is 0 Å². The van der Waals surface area contributed by atoms with Gasteiger partial charge in [0.15, 0.2) is 5.69 Å². The molecule has 1 aromatic heterocycles. The maximum atomic E-state index is 14.0. The highest BCUT2D eigenvalue weighted by Gasteiger charge is 2.42. The van der Waals surface area contributed by atoms with Gasteiger partial charge < -0.3 is 24.9 Å². The highest BCUT2D eigenvalue weighted by molar-refractivity contribution is 5.96. The van der Waals surface area contributed by atoms with Crippen LogP contribution >= 0.6 is 0 Å². The van der Waals surface area contributed by atoms with Gasteiger partial charge in [-0.3, -0.25) is 29.6 Å². The van der Waals surface area contributed by atoms with Crippen LogP contribution < -0.4 is 10.6 Å². The van der Waals surface area contributed by atoms with Crippen LogP contribution in [0.3, 0.4) is 0 Å². The number of hydrogen-bond donors (Lipinski definition) is 5. The van der Waals surface area contributed by atoms with Crippen molar-refractivity contribution in [2.75, 3.05) is 13.1 Å². The quantitative estimate of drug-likeness (QED) is 0.0337. The first-order valence-electron chi connectivity index (χ1n) is 18.8. The number of hydrogen-bond acceptors (Lipinski definition) is 11. The van der Waals surface area contributed by atoms with E-state index in [1.54, 1.807) is 32.0 Å². The predicted molar refractivity (Wildman–Crippen MR) is 194 cm³/mol. The number of phenols is 1. The molecule has 2 heterocycles. The molecule has 1 fully saturated rings.